The SMILES string of the molecule is CCCO[Si](OC)c1ccccc1O. The molecule has 0 fully saturated rings. The van der Waals surface area contributed by atoms with Crippen molar-refractivity contribution < 1.29 is 14.0 Å². The van der Waals surface area contributed by atoms with Gasteiger partial charge in [-0.05, 0) is 12.5 Å². The summed E-state index contributed by atoms with van der Waals surface area (Å²) in [6.45, 7) is 2.70. The standard InChI is InChI=1S/C10H15O3Si/c1-3-8-13-14(12-2)10-7-5-4-6-9(10)11/h4-7,11H,3,8H2,1-2H3. The molecular weight excluding hydrogens is 196 g/mol. The molecule has 0 saturated heterocycles. The highest BCUT2D eigenvalue weighted by Crippen LogP contribution is 2.06. The zero-order valence-electron chi connectivity index (χ0n) is 8.49. The minimum absolute atomic E-state index is 0.249. The van der Waals surface area contributed by atoms with E-state index in [1.807, 2.05) is 19.1 Å². The molecule has 77 valence electrons. The highest BCUT2D eigenvalue weighted by Gasteiger charge is 2.20. The predicted octanol–water partition coefficient (Wildman–Crippen LogP) is 1.16. The molecule has 4 heteroatoms. The predicted molar refractivity (Wildman–Crippen MR) is 56.7 cm³/mol. The van der Waals surface area contributed by atoms with Crippen molar-refractivity contribution in [1.29, 1.82) is 0 Å². The molecule has 0 aromatic heterocycles. The monoisotopic (exact) mass is 211 g/mol. The third kappa shape index (κ3) is 2.83. The lowest BCUT2D eigenvalue weighted by molar-refractivity contribution is 0.240. The van der Waals surface area contributed by atoms with Crippen molar-refractivity contribution in [3.05, 3.63) is 24.3 Å². The first-order valence-corrected chi connectivity index (χ1v) is 5.93. The maximum atomic E-state index is 9.58. The summed E-state index contributed by atoms with van der Waals surface area (Å²) in [4.78, 5) is 0. The van der Waals surface area contributed by atoms with Gasteiger partial charge in [0.1, 0.15) is 5.75 Å². The number of phenolic OH excluding ortho intramolecular Hbond substituents is 1. The van der Waals surface area contributed by atoms with Gasteiger partial charge in [-0.25, -0.2) is 0 Å². The Morgan fingerprint density at radius 3 is 2.64 bits per heavy atom. The van der Waals surface area contributed by atoms with Crippen LogP contribution in [0.2, 0.25) is 0 Å². The Hall–Kier alpha value is -0.843. The Labute approximate surface area is 86.1 Å². The van der Waals surface area contributed by atoms with Crippen LogP contribution in [0.1, 0.15) is 13.3 Å². The first-order valence-electron chi connectivity index (χ1n) is 4.61. The number of rotatable bonds is 5. The largest absolute Gasteiger partial charge is 0.508 e. The molecule has 0 saturated carbocycles. The minimum Gasteiger partial charge on any atom is -0.508 e. The van der Waals surface area contributed by atoms with Crippen molar-refractivity contribution in [2.24, 2.45) is 0 Å². The van der Waals surface area contributed by atoms with Gasteiger partial charge >= 0.3 is 9.28 Å². The fourth-order valence-electron chi connectivity index (χ4n) is 1.09. The summed E-state index contributed by atoms with van der Waals surface area (Å²) in [5.41, 5.74) is 0. The average Bonchev–Trinajstić information content (AvgIpc) is 2.21. The van der Waals surface area contributed by atoms with E-state index in [9.17, 15) is 5.11 Å². The number of aromatic hydroxyl groups is 1. The van der Waals surface area contributed by atoms with E-state index in [2.05, 4.69) is 0 Å². The Kier molecular flexibility index (Phi) is 4.65. The lowest BCUT2D eigenvalue weighted by atomic mass is 10.3. The van der Waals surface area contributed by atoms with Gasteiger partial charge in [0.25, 0.3) is 0 Å². The Balaban J connectivity index is 2.73. The second-order valence-electron chi connectivity index (χ2n) is 2.86. The normalized spacial score (nSPS) is 10.8. The van der Waals surface area contributed by atoms with E-state index in [0.717, 1.165) is 11.6 Å². The van der Waals surface area contributed by atoms with Gasteiger partial charge in [0.05, 0.1) is 0 Å². The minimum atomic E-state index is -1.50. The summed E-state index contributed by atoms with van der Waals surface area (Å²) in [6, 6.07) is 7.14. The molecule has 0 amide bonds. The van der Waals surface area contributed by atoms with Crippen LogP contribution >= 0.6 is 0 Å². The van der Waals surface area contributed by atoms with Crippen LogP contribution < -0.4 is 5.19 Å². The molecule has 1 N–H and O–H groups in total. The molecule has 0 aliphatic carbocycles. The first-order chi connectivity index (χ1) is 6.79. The van der Waals surface area contributed by atoms with E-state index in [1.54, 1.807) is 19.2 Å². The van der Waals surface area contributed by atoms with Gasteiger partial charge in [-0.3, -0.25) is 0 Å². The summed E-state index contributed by atoms with van der Waals surface area (Å²) in [7, 11) is 0.103. The number of hydrogen-bond donors (Lipinski definition) is 1. The molecule has 0 heterocycles. The first kappa shape index (κ1) is 11.2. The molecule has 0 atom stereocenters. The van der Waals surface area contributed by atoms with Crippen molar-refractivity contribution in [2.75, 3.05) is 13.7 Å². The van der Waals surface area contributed by atoms with Gasteiger partial charge in [0.15, 0.2) is 0 Å². The van der Waals surface area contributed by atoms with Crippen molar-refractivity contribution in [3.63, 3.8) is 0 Å². The molecule has 1 rings (SSSR count). The number of hydrogen-bond acceptors (Lipinski definition) is 3. The fourth-order valence-corrected chi connectivity index (χ4v) is 2.50. The van der Waals surface area contributed by atoms with Gasteiger partial charge in [0, 0.05) is 18.9 Å². The topological polar surface area (TPSA) is 38.7 Å². The maximum absolute atomic E-state index is 9.58. The number of para-hydroxylation sites is 1. The van der Waals surface area contributed by atoms with Crippen molar-refractivity contribution in [1.82, 2.24) is 0 Å². The molecule has 14 heavy (non-hydrogen) atoms. The van der Waals surface area contributed by atoms with E-state index < -0.39 is 9.28 Å². The summed E-state index contributed by atoms with van der Waals surface area (Å²) < 4.78 is 10.8. The van der Waals surface area contributed by atoms with Crippen LogP contribution in [0, 0.1) is 0 Å². The van der Waals surface area contributed by atoms with Crippen molar-refractivity contribution >= 4 is 14.5 Å². The molecule has 0 unspecified atom stereocenters. The summed E-state index contributed by atoms with van der Waals surface area (Å²) in [5, 5.41) is 10.3. The zero-order chi connectivity index (χ0) is 10.4. The van der Waals surface area contributed by atoms with Crippen LogP contribution in [0.5, 0.6) is 5.75 Å². The molecule has 0 bridgehead atoms. The van der Waals surface area contributed by atoms with Crippen LogP contribution in [-0.2, 0) is 8.85 Å². The van der Waals surface area contributed by atoms with Gasteiger partial charge in [-0.15, -0.1) is 0 Å². The summed E-state index contributed by atoms with van der Waals surface area (Å²) >= 11 is 0. The maximum Gasteiger partial charge on any atom is 0.427 e. The third-order valence-corrected chi connectivity index (χ3v) is 3.45. The van der Waals surface area contributed by atoms with Gasteiger partial charge in [0.2, 0.25) is 0 Å². The van der Waals surface area contributed by atoms with Crippen LogP contribution in [-0.4, -0.2) is 28.1 Å². The quantitative estimate of drug-likeness (QED) is 0.743. The third-order valence-electron chi connectivity index (χ3n) is 1.75. The second-order valence-corrected chi connectivity index (χ2v) is 4.67. The zero-order valence-corrected chi connectivity index (χ0v) is 9.49. The highest BCUT2D eigenvalue weighted by molar-refractivity contribution is 6.62. The Morgan fingerprint density at radius 2 is 2.07 bits per heavy atom. The Bertz CT molecular complexity index is 278. The van der Waals surface area contributed by atoms with Gasteiger partial charge < -0.3 is 14.0 Å². The van der Waals surface area contributed by atoms with Crippen LogP contribution in [0.25, 0.3) is 0 Å². The average molecular weight is 211 g/mol. The molecule has 1 radical (unpaired) electrons. The van der Waals surface area contributed by atoms with E-state index >= 15 is 0 Å². The molecule has 1 aromatic carbocycles. The van der Waals surface area contributed by atoms with Crippen LogP contribution in [0.3, 0.4) is 0 Å². The second kappa shape index (κ2) is 5.80. The molecule has 0 spiro atoms. The van der Waals surface area contributed by atoms with E-state index in [0.29, 0.717) is 6.61 Å². The van der Waals surface area contributed by atoms with Crippen LogP contribution in [0.15, 0.2) is 24.3 Å². The smallest absolute Gasteiger partial charge is 0.427 e. The van der Waals surface area contributed by atoms with Gasteiger partial charge in [-0.2, -0.15) is 0 Å². The van der Waals surface area contributed by atoms with E-state index in [1.165, 1.54) is 0 Å². The molecular formula is C10H15O3Si. The lowest BCUT2D eigenvalue weighted by Crippen LogP contribution is -2.36. The van der Waals surface area contributed by atoms with Crippen molar-refractivity contribution in [2.45, 2.75) is 13.3 Å². The van der Waals surface area contributed by atoms with Crippen molar-refractivity contribution in [3.8, 4) is 5.75 Å². The highest BCUT2D eigenvalue weighted by atomic mass is 28.3. The lowest BCUT2D eigenvalue weighted by Gasteiger charge is -2.13. The summed E-state index contributed by atoms with van der Waals surface area (Å²) in [6.07, 6.45) is 0.950. The molecule has 1 aromatic rings. The van der Waals surface area contributed by atoms with Crippen LogP contribution in [0.4, 0.5) is 0 Å². The molecule has 0 aliphatic rings. The van der Waals surface area contributed by atoms with E-state index in [4.69, 9.17) is 8.85 Å². The Morgan fingerprint density at radius 1 is 1.36 bits per heavy atom. The molecule has 0 aliphatic heterocycles. The number of benzene rings is 1. The fraction of sp³-hybridized carbons (Fsp3) is 0.400. The molecule has 3 nitrogen and oxygen atoms in total. The number of phenols is 1. The summed E-state index contributed by atoms with van der Waals surface area (Å²) in [5.74, 6) is 0.249. The van der Waals surface area contributed by atoms with E-state index in [-0.39, 0.29) is 5.75 Å². The van der Waals surface area contributed by atoms with Gasteiger partial charge in [-0.1, -0.05) is 25.1 Å².